The zero-order valence-corrected chi connectivity index (χ0v) is 7.47. The van der Waals surface area contributed by atoms with Gasteiger partial charge in [-0.15, -0.1) is 0 Å². The monoisotopic (exact) mass is 153 g/mol. The summed E-state index contributed by atoms with van der Waals surface area (Å²) in [6, 6.07) is 0. The molecule has 11 heavy (non-hydrogen) atoms. The molecule has 0 spiro atoms. The third-order valence-electron chi connectivity index (χ3n) is 3.50. The van der Waals surface area contributed by atoms with Crippen LogP contribution >= 0.6 is 0 Å². The molecule has 1 heteroatoms. The van der Waals surface area contributed by atoms with E-state index in [-0.39, 0.29) is 0 Å². The first-order chi connectivity index (χ1) is 5.42. The van der Waals surface area contributed by atoms with Gasteiger partial charge >= 0.3 is 0 Å². The molecule has 0 aromatic carbocycles. The van der Waals surface area contributed by atoms with Crippen molar-refractivity contribution in [3.8, 4) is 0 Å². The smallest absolute Gasteiger partial charge is 0.00492 e. The lowest BCUT2D eigenvalue weighted by Crippen LogP contribution is -2.15. The maximum Gasteiger partial charge on any atom is -0.00492 e. The molecule has 1 N–H and O–H groups in total. The summed E-state index contributed by atoms with van der Waals surface area (Å²) >= 11 is 0. The van der Waals surface area contributed by atoms with Gasteiger partial charge in [0.2, 0.25) is 0 Å². The average Bonchev–Trinajstić information content (AvgIpc) is 2.60. The SMILES string of the molecule is CNCCC1CC1C1CCC1. The van der Waals surface area contributed by atoms with Crippen LogP contribution in [0.3, 0.4) is 0 Å². The third-order valence-corrected chi connectivity index (χ3v) is 3.50. The van der Waals surface area contributed by atoms with E-state index in [0.29, 0.717) is 0 Å². The van der Waals surface area contributed by atoms with Crippen molar-refractivity contribution < 1.29 is 0 Å². The van der Waals surface area contributed by atoms with Gasteiger partial charge in [-0.1, -0.05) is 19.3 Å². The Labute approximate surface area is 69.6 Å². The first kappa shape index (κ1) is 7.60. The molecule has 2 aliphatic carbocycles. The maximum absolute atomic E-state index is 3.23. The van der Waals surface area contributed by atoms with Crippen LogP contribution in [0.25, 0.3) is 0 Å². The molecule has 0 aliphatic heterocycles. The van der Waals surface area contributed by atoms with E-state index in [1.807, 2.05) is 0 Å². The zero-order chi connectivity index (χ0) is 7.68. The van der Waals surface area contributed by atoms with Gasteiger partial charge in [0, 0.05) is 0 Å². The lowest BCUT2D eigenvalue weighted by molar-refractivity contribution is 0.263. The second-order valence-electron chi connectivity index (χ2n) is 4.24. The number of hydrogen-bond acceptors (Lipinski definition) is 1. The van der Waals surface area contributed by atoms with Gasteiger partial charge in [0.25, 0.3) is 0 Å². The van der Waals surface area contributed by atoms with Crippen molar-refractivity contribution in [3.05, 3.63) is 0 Å². The molecule has 2 saturated carbocycles. The molecule has 0 bridgehead atoms. The lowest BCUT2D eigenvalue weighted by atomic mass is 9.81. The van der Waals surface area contributed by atoms with Crippen LogP contribution in [0.4, 0.5) is 0 Å². The van der Waals surface area contributed by atoms with Crippen LogP contribution in [0.2, 0.25) is 0 Å². The highest BCUT2D eigenvalue weighted by Gasteiger charge is 2.43. The molecule has 2 aliphatic rings. The van der Waals surface area contributed by atoms with Crippen molar-refractivity contribution in [2.75, 3.05) is 13.6 Å². The summed E-state index contributed by atoms with van der Waals surface area (Å²) in [4.78, 5) is 0. The van der Waals surface area contributed by atoms with E-state index in [2.05, 4.69) is 12.4 Å². The van der Waals surface area contributed by atoms with Gasteiger partial charge in [-0.2, -0.15) is 0 Å². The number of rotatable bonds is 4. The minimum Gasteiger partial charge on any atom is -0.320 e. The van der Waals surface area contributed by atoms with Gasteiger partial charge in [-0.25, -0.2) is 0 Å². The highest BCUT2D eigenvalue weighted by Crippen LogP contribution is 2.52. The Hall–Kier alpha value is -0.0400. The van der Waals surface area contributed by atoms with Gasteiger partial charge in [-0.3, -0.25) is 0 Å². The molecule has 0 heterocycles. The van der Waals surface area contributed by atoms with Crippen LogP contribution in [-0.4, -0.2) is 13.6 Å². The van der Waals surface area contributed by atoms with Gasteiger partial charge in [0.1, 0.15) is 0 Å². The molecule has 2 rings (SSSR count). The number of hydrogen-bond donors (Lipinski definition) is 1. The molecule has 0 aromatic heterocycles. The summed E-state index contributed by atoms with van der Waals surface area (Å²) < 4.78 is 0. The number of nitrogens with one attached hydrogen (secondary N) is 1. The van der Waals surface area contributed by atoms with Gasteiger partial charge in [0.05, 0.1) is 0 Å². The van der Waals surface area contributed by atoms with E-state index < -0.39 is 0 Å². The van der Waals surface area contributed by atoms with E-state index in [4.69, 9.17) is 0 Å². The van der Waals surface area contributed by atoms with E-state index in [1.54, 1.807) is 19.3 Å². The van der Waals surface area contributed by atoms with Crippen molar-refractivity contribution in [1.29, 1.82) is 0 Å². The second-order valence-corrected chi connectivity index (χ2v) is 4.24. The van der Waals surface area contributed by atoms with Crippen molar-refractivity contribution in [2.24, 2.45) is 17.8 Å². The minimum absolute atomic E-state index is 1.10. The van der Waals surface area contributed by atoms with Crippen LogP contribution in [0.1, 0.15) is 32.1 Å². The summed E-state index contributed by atoms with van der Waals surface area (Å²) in [5.41, 5.74) is 0. The van der Waals surface area contributed by atoms with E-state index in [9.17, 15) is 0 Å². The minimum atomic E-state index is 1.10. The van der Waals surface area contributed by atoms with Crippen molar-refractivity contribution in [2.45, 2.75) is 32.1 Å². The van der Waals surface area contributed by atoms with Crippen molar-refractivity contribution in [3.63, 3.8) is 0 Å². The standard InChI is InChI=1S/C10H19N/c1-11-6-5-9-7-10(9)8-3-2-4-8/h8-11H,2-7H2,1H3. The maximum atomic E-state index is 3.23. The quantitative estimate of drug-likeness (QED) is 0.651. The lowest BCUT2D eigenvalue weighted by Gasteiger charge is -2.25. The van der Waals surface area contributed by atoms with Crippen molar-refractivity contribution in [1.82, 2.24) is 5.32 Å². The molecule has 2 unspecified atom stereocenters. The second kappa shape index (κ2) is 3.14. The van der Waals surface area contributed by atoms with Gasteiger partial charge < -0.3 is 5.32 Å². The Morgan fingerprint density at radius 3 is 2.73 bits per heavy atom. The molecule has 0 aromatic rings. The summed E-state index contributed by atoms with van der Waals surface area (Å²) in [5.74, 6) is 3.40. The summed E-state index contributed by atoms with van der Waals surface area (Å²) in [7, 11) is 2.06. The molecule has 0 amide bonds. The Morgan fingerprint density at radius 1 is 1.36 bits per heavy atom. The average molecular weight is 153 g/mol. The zero-order valence-electron chi connectivity index (χ0n) is 7.47. The first-order valence-corrected chi connectivity index (χ1v) is 5.06. The summed E-state index contributed by atoms with van der Waals surface area (Å²) in [6.07, 6.45) is 7.57. The van der Waals surface area contributed by atoms with Crippen molar-refractivity contribution >= 4 is 0 Å². The molecular formula is C10H19N. The van der Waals surface area contributed by atoms with Crippen LogP contribution in [0.15, 0.2) is 0 Å². The Kier molecular flexibility index (Phi) is 2.17. The van der Waals surface area contributed by atoms with Gasteiger partial charge in [-0.05, 0) is 44.2 Å². The predicted octanol–water partition coefficient (Wildman–Crippen LogP) is 2.03. The van der Waals surface area contributed by atoms with Crippen LogP contribution in [0.5, 0.6) is 0 Å². The Morgan fingerprint density at radius 2 is 2.18 bits per heavy atom. The molecule has 1 nitrogen and oxygen atoms in total. The molecule has 0 saturated heterocycles. The summed E-state index contributed by atoms with van der Waals surface area (Å²) in [5, 5.41) is 3.23. The van der Waals surface area contributed by atoms with Crippen LogP contribution < -0.4 is 5.32 Å². The summed E-state index contributed by atoms with van der Waals surface area (Å²) in [6.45, 7) is 1.23. The molecule has 0 radical (unpaired) electrons. The fourth-order valence-electron chi connectivity index (χ4n) is 2.38. The topological polar surface area (TPSA) is 12.0 Å². The first-order valence-electron chi connectivity index (χ1n) is 5.06. The van der Waals surface area contributed by atoms with Crippen LogP contribution in [0, 0.1) is 17.8 Å². The van der Waals surface area contributed by atoms with Gasteiger partial charge in [0.15, 0.2) is 0 Å². The highest BCUT2D eigenvalue weighted by molar-refractivity contribution is 4.94. The Bertz CT molecular complexity index is 129. The third kappa shape index (κ3) is 1.58. The highest BCUT2D eigenvalue weighted by atomic mass is 14.8. The largest absolute Gasteiger partial charge is 0.320 e. The van der Waals surface area contributed by atoms with E-state index in [0.717, 1.165) is 17.8 Å². The fourth-order valence-corrected chi connectivity index (χ4v) is 2.38. The predicted molar refractivity (Wildman–Crippen MR) is 47.5 cm³/mol. The Balaban J connectivity index is 1.61. The molecular weight excluding hydrogens is 134 g/mol. The van der Waals surface area contributed by atoms with E-state index in [1.165, 1.54) is 19.4 Å². The molecule has 2 fully saturated rings. The van der Waals surface area contributed by atoms with E-state index >= 15 is 0 Å². The normalized spacial score (nSPS) is 36.8. The molecule has 2 atom stereocenters. The fraction of sp³-hybridized carbons (Fsp3) is 1.00. The van der Waals surface area contributed by atoms with Crippen LogP contribution in [-0.2, 0) is 0 Å². The molecule has 64 valence electrons.